The van der Waals surface area contributed by atoms with Crippen LogP contribution in [0, 0.1) is 6.92 Å². The molecular formula is C12H17ClN2O3S. The maximum Gasteiger partial charge on any atom is 0.235 e. The lowest BCUT2D eigenvalue weighted by Gasteiger charge is -2.14. The van der Waals surface area contributed by atoms with Crippen LogP contribution in [-0.2, 0) is 14.8 Å². The number of rotatable bonds is 4. The van der Waals surface area contributed by atoms with E-state index in [1.807, 2.05) is 0 Å². The number of sulfonamides is 1. The van der Waals surface area contributed by atoms with E-state index in [2.05, 4.69) is 4.72 Å². The van der Waals surface area contributed by atoms with E-state index in [4.69, 9.17) is 22.1 Å². The summed E-state index contributed by atoms with van der Waals surface area (Å²) < 4.78 is 31.9. The van der Waals surface area contributed by atoms with Crippen LogP contribution >= 0.6 is 11.6 Å². The minimum atomic E-state index is -3.44. The average Bonchev–Trinajstić information content (AvgIpc) is 2.77. The summed E-state index contributed by atoms with van der Waals surface area (Å²) in [5.74, 6) is -0.0333. The summed E-state index contributed by atoms with van der Waals surface area (Å²) in [5.41, 5.74) is 7.28. The van der Waals surface area contributed by atoms with Crippen LogP contribution < -0.4 is 10.5 Å². The summed E-state index contributed by atoms with van der Waals surface area (Å²) in [6.45, 7) is 2.41. The summed E-state index contributed by atoms with van der Waals surface area (Å²) >= 11 is 5.90. The van der Waals surface area contributed by atoms with Gasteiger partial charge < -0.3 is 10.5 Å². The van der Waals surface area contributed by atoms with Crippen molar-refractivity contribution >= 4 is 33.0 Å². The molecule has 0 amide bonds. The van der Waals surface area contributed by atoms with Gasteiger partial charge in [0.25, 0.3) is 0 Å². The number of aryl methyl sites for hydroxylation is 1. The lowest BCUT2D eigenvalue weighted by atomic mass is 10.2. The SMILES string of the molecule is Cc1cc(N)c(Cl)cc1NS(=O)(=O)CC1CCCO1. The van der Waals surface area contributed by atoms with Crippen molar-refractivity contribution in [2.75, 3.05) is 22.8 Å². The third-order valence-corrected chi connectivity index (χ3v) is 4.71. The van der Waals surface area contributed by atoms with Crippen LogP contribution in [0.3, 0.4) is 0 Å². The molecule has 106 valence electrons. The van der Waals surface area contributed by atoms with E-state index >= 15 is 0 Å². The number of nitrogen functional groups attached to an aromatic ring is 1. The van der Waals surface area contributed by atoms with Crippen LogP contribution in [0.1, 0.15) is 18.4 Å². The lowest BCUT2D eigenvalue weighted by Crippen LogP contribution is -2.26. The van der Waals surface area contributed by atoms with Gasteiger partial charge in [-0.1, -0.05) is 11.6 Å². The highest BCUT2D eigenvalue weighted by Gasteiger charge is 2.23. The Morgan fingerprint density at radius 3 is 2.89 bits per heavy atom. The Labute approximate surface area is 118 Å². The van der Waals surface area contributed by atoms with Gasteiger partial charge in [0.05, 0.1) is 28.3 Å². The normalized spacial score (nSPS) is 19.6. The number of ether oxygens (including phenoxy) is 1. The molecule has 0 spiro atoms. The zero-order chi connectivity index (χ0) is 14.0. The molecule has 1 aliphatic heterocycles. The van der Waals surface area contributed by atoms with E-state index in [0.717, 1.165) is 18.4 Å². The summed E-state index contributed by atoms with van der Waals surface area (Å²) in [5, 5.41) is 0.334. The van der Waals surface area contributed by atoms with E-state index in [0.29, 0.717) is 23.0 Å². The van der Waals surface area contributed by atoms with Gasteiger partial charge in [-0.3, -0.25) is 4.72 Å². The van der Waals surface area contributed by atoms with E-state index in [1.54, 1.807) is 13.0 Å². The van der Waals surface area contributed by atoms with Gasteiger partial charge in [-0.25, -0.2) is 8.42 Å². The molecule has 1 atom stereocenters. The first-order valence-corrected chi connectivity index (χ1v) is 8.08. The minimum absolute atomic E-state index is 0.0333. The van der Waals surface area contributed by atoms with Crippen LogP contribution in [0.5, 0.6) is 0 Å². The van der Waals surface area contributed by atoms with Gasteiger partial charge in [0.1, 0.15) is 0 Å². The van der Waals surface area contributed by atoms with Gasteiger partial charge in [-0.2, -0.15) is 0 Å². The summed E-state index contributed by atoms with van der Waals surface area (Å²) in [6, 6.07) is 3.17. The Morgan fingerprint density at radius 1 is 1.53 bits per heavy atom. The lowest BCUT2D eigenvalue weighted by molar-refractivity contribution is 0.127. The Kier molecular flexibility index (Phi) is 4.23. The first-order chi connectivity index (χ1) is 8.87. The number of halogens is 1. The number of hydrogen-bond acceptors (Lipinski definition) is 4. The molecule has 3 N–H and O–H groups in total. The average molecular weight is 305 g/mol. The van der Waals surface area contributed by atoms with E-state index in [-0.39, 0.29) is 11.9 Å². The molecule has 19 heavy (non-hydrogen) atoms. The predicted octanol–water partition coefficient (Wildman–Crippen LogP) is 2.15. The van der Waals surface area contributed by atoms with Crippen LogP contribution in [0.2, 0.25) is 5.02 Å². The second kappa shape index (κ2) is 5.56. The molecule has 1 saturated heterocycles. The second-order valence-corrected chi connectivity index (χ2v) is 6.88. The molecule has 1 aromatic carbocycles. The number of anilines is 2. The fraction of sp³-hybridized carbons (Fsp3) is 0.500. The predicted molar refractivity (Wildman–Crippen MR) is 77.0 cm³/mol. The van der Waals surface area contributed by atoms with Gasteiger partial charge in [0.15, 0.2) is 0 Å². The molecule has 0 radical (unpaired) electrons. The first kappa shape index (κ1) is 14.4. The van der Waals surface area contributed by atoms with E-state index in [1.165, 1.54) is 6.07 Å². The third-order valence-electron chi connectivity index (χ3n) is 3.04. The van der Waals surface area contributed by atoms with E-state index in [9.17, 15) is 8.42 Å². The second-order valence-electron chi connectivity index (χ2n) is 4.71. The smallest absolute Gasteiger partial charge is 0.235 e. The number of hydrogen-bond donors (Lipinski definition) is 2. The molecular weight excluding hydrogens is 288 g/mol. The highest BCUT2D eigenvalue weighted by molar-refractivity contribution is 7.92. The maximum absolute atomic E-state index is 12.0. The van der Waals surface area contributed by atoms with Crippen molar-refractivity contribution in [1.82, 2.24) is 0 Å². The Balaban J connectivity index is 2.13. The molecule has 1 unspecified atom stereocenters. The van der Waals surface area contributed by atoms with Crippen LogP contribution in [0.15, 0.2) is 12.1 Å². The number of benzene rings is 1. The van der Waals surface area contributed by atoms with Crippen molar-refractivity contribution in [1.29, 1.82) is 0 Å². The van der Waals surface area contributed by atoms with Crippen molar-refractivity contribution < 1.29 is 13.2 Å². The van der Waals surface area contributed by atoms with Gasteiger partial charge in [0, 0.05) is 6.61 Å². The highest BCUT2D eigenvalue weighted by atomic mass is 35.5. The Bertz CT molecular complexity index is 569. The quantitative estimate of drug-likeness (QED) is 0.835. The zero-order valence-electron chi connectivity index (χ0n) is 10.6. The largest absolute Gasteiger partial charge is 0.398 e. The summed E-state index contributed by atoms with van der Waals surface area (Å²) in [6.07, 6.45) is 1.47. The zero-order valence-corrected chi connectivity index (χ0v) is 12.2. The molecule has 0 saturated carbocycles. The van der Waals surface area contributed by atoms with Gasteiger partial charge in [-0.15, -0.1) is 0 Å². The van der Waals surface area contributed by atoms with Crippen molar-refractivity contribution in [3.05, 3.63) is 22.7 Å². The molecule has 5 nitrogen and oxygen atoms in total. The molecule has 1 aliphatic rings. The summed E-state index contributed by atoms with van der Waals surface area (Å²) in [7, 11) is -3.44. The molecule has 1 aromatic rings. The number of nitrogens with one attached hydrogen (secondary N) is 1. The van der Waals surface area contributed by atoms with Gasteiger partial charge in [-0.05, 0) is 37.5 Å². The topological polar surface area (TPSA) is 81.4 Å². The third kappa shape index (κ3) is 3.75. The summed E-state index contributed by atoms with van der Waals surface area (Å²) in [4.78, 5) is 0. The molecule has 1 fully saturated rings. The van der Waals surface area contributed by atoms with Crippen molar-refractivity contribution in [2.45, 2.75) is 25.9 Å². The van der Waals surface area contributed by atoms with Crippen LogP contribution in [0.25, 0.3) is 0 Å². The Morgan fingerprint density at radius 2 is 2.26 bits per heavy atom. The highest BCUT2D eigenvalue weighted by Crippen LogP contribution is 2.27. The molecule has 2 rings (SSSR count). The van der Waals surface area contributed by atoms with Crippen LogP contribution in [0.4, 0.5) is 11.4 Å². The molecule has 0 bridgehead atoms. The molecule has 7 heteroatoms. The maximum atomic E-state index is 12.0. The first-order valence-electron chi connectivity index (χ1n) is 6.05. The molecule has 1 heterocycles. The standard InChI is InChI=1S/C12H17ClN2O3S/c1-8-5-11(14)10(13)6-12(8)15-19(16,17)7-9-3-2-4-18-9/h5-6,9,15H,2-4,7,14H2,1H3. The fourth-order valence-corrected chi connectivity index (χ4v) is 3.60. The molecule has 0 aliphatic carbocycles. The Hall–Kier alpha value is -0.980. The van der Waals surface area contributed by atoms with Crippen molar-refractivity contribution in [3.8, 4) is 0 Å². The van der Waals surface area contributed by atoms with Crippen molar-refractivity contribution in [2.24, 2.45) is 0 Å². The number of nitrogens with two attached hydrogens (primary N) is 1. The fourth-order valence-electron chi connectivity index (χ4n) is 2.04. The molecule has 0 aromatic heterocycles. The van der Waals surface area contributed by atoms with Crippen LogP contribution in [-0.4, -0.2) is 26.9 Å². The van der Waals surface area contributed by atoms with E-state index < -0.39 is 10.0 Å². The van der Waals surface area contributed by atoms with Gasteiger partial charge in [0.2, 0.25) is 10.0 Å². The van der Waals surface area contributed by atoms with Crippen molar-refractivity contribution in [3.63, 3.8) is 0 Å². The minimum Gasteiger partial charge on any atom is -0.398 e. The van der Waals surface area contributed by atoms with Gasteiger partial charge >= 0.3 is 0 Å². The monoisotopic (exact) mass is 304 g/mol.